The van der Waals surface area contributed by atoms with Crippen LogP contribution in [0.25, 0.3) is 0 Å². The molecule has 17 aliphatic rings. The zero-order valence-electron chi connectivity index (χ0n) is 84.4. The zero-order valence-corrected chi connectivity index (χ0v) is 86.9. The number of hydrogen-bond donors (Lipinski definition) is 9. The Kier molecular flexibility index (Phi) is 32.2. The maximum Gasteiger partial charge on any atom is 0.410 e. The summed E-state index contributed by atoms with van der Waals surface area (Å²) in [5.41, 5.74) is 5.07. The third-order valence-corrected chi connectivity index (χ3v) is 38.8. The van der Waals surface area contributed by atoms with Crippen LogP contribution < -0.4 is 46.1 Å². The second-order valence-electron chi connectivity index (χ2n) is 44.0. The topological polar surface area (TPSA) is 514 Å². The number of rotatable bonds is 22. The van der Waals surface area contributed by atoms with Crippen molar-refractivity contribution in [2.45, 2.75) is 370 Å². The molecule has 15 amide bonds. The molecule has 9 N–H and O–H groups in total. The number of sulfonamides is 3. The normalized spacial score (nSPS) is 30.1. The van der Waals surface area contributed by atoms with Gasteiger partial charge in [-0.3, -0.25) is 86.4 Å². The van der Waals surface area contributed by atoms with Crippen LogP contribution in [0.1, 0.15) is 268 Å². The maximum absolute atomic E-state index is 14.6. The number of alkyl halides is 2. The lowest BCUT2D eigenvalue weighted by molar-refractivity contribution is -0.143. The van der Waals surface area contributed by atoms with Gasteiger partial charge in [0, 0.05) is 102 Å². The van der Waals surface area contributed by atoms with Crippen molar-refractivity contribution in [3.63, 3.8) is 0 Å². The predicted molar refractivity (Wildman–Crippen MR) is 537 cm³/mol. The van der Waals surface area contributed by atoms with Gasteiger partial charge in [-0.05, 0) is 203 Å². The van der Waals surface area contributed by atoms with Crippen LogP contribution in [0.5, 0.6) is 0 Å². The third kappa shape index (κ3) is 24.1. The average molecular weight is 2140 g/mol. The molecule has 20 rings (SSSR count). The van der Waals surface area contributed by atoms with Gasteiger partial charge in [0.05, 0.1) is 35.4 Å². The van der Waals surface area contributed by atoms with E-state index in [0.717, 1.165) is 153 Å². The lowest BCUT2D eigenvalue weighted by Gasteiger charge is -2.35. The highest BCUT2D eigenvalue weighted by Gasteiger charge is 2.66. The fourth-order valence-electron chi connectivity index (χ4n) is 24.0. The molecule has 12 bridgehead atoms. The molecule has 11 fully saturated rings. The summed E-state index contributed by atoms with van der Waals surface area (Å²) in [6, 6.07) is 11.0. The van der Waals surface area contributed by atoms with Gasteiger partial charge in [0.2, 0.25) is 89.7 Å². The number of aryl methyl sites for hydroxylation is 3. The van der Waals surface area contributed by atoms with Crippen molar-refractivity contribution in [1.29, 1.82) is 0 Å². The number of hydrogen-bond acceptors (Lipinski definition) is 24. The van der Waals surface area contributed by atoms with Crippen LogP contribution in [-0.4, -0.2) is 257 Å². The van der Waals surface area contributed by atoms with E-state index in [-0.39, 0.29) is 101 Å². The average Bonchev–Trinajstić information content (AvgIpc) is 1.58. The van der Waals surface area contributed by atoms with Crippen LogP contribution in [0.15, 0.2) is 92.6 Å². The molecule has 8 aliphatic carbocycles. The molecule has 3 aromatic carbocycles. The lowest BCUT2D eigenvalue weighted by Crippen LogP contribution is -2.59. The fourth-order valence-corrected chi connectivity index (χ4v) is 28.1. The molecule has 0 spiro atoms. The van der Waals surface area contributed by atoms with Gasteiger partial charge in [-0.15, -0.1) is 19.7 Å². The van der Waals surface area contributed by atoms with E-state index in [9.17, 15) is 106 Å². The van der Waals surface area contributed by atoms with Crippen molar-refractivity contribution in [3.05, 3.63) is 143 Å². The number of benzene rings is 3. The number of carbonyl (C=O) groups excluding carboxylic acids is 15. The van der Waals surface area contributed by atoms with Crippen LogP contribution in [0.4, 0.5) is 23.2 Å². The molecular weight excluding hydrogens is 2000 g/mol. The third-order valence-electron chi connectivity index (χ3n) is 33.4. The van der Waals surface area contributed by atoms with Gasteiger partial charge >= 0.3 is 18.3 Å². The van der Waals surface area contributed by atoms with Crippen LogP contribution in [0, 0.1) is 29.6 Å². The number of ether oxygens (including phenoxy) is 3. The van der Waals surface area contributed by atoms with Gasteiger partial charge < -0.3 is 60.8 Å². The summed E-state index contributed by atoms with van der Waals surface area (Å²) >= 11 is 0. The Morgan fingerprint density at radius 1 is 0.373 bits per heavy atom. The molecule has 8 saturated carbocycles. The molecule has 9 aliphatic heterocycles. The summed E-state index contributed by atoms with van der Waals surface area (Å²) in [6.07, 6.45) is 16.4. The van der Waals surface area contributed by atoms with Crippen LogP contribution >= 0.6 is 0 Å². The summed E-state index contributed by atoms with van der Waals surface area (Å²) in [6.45, 7) is 13.0. The minimum atomic E-state index is -3.95. The zero-order chi connectivity index (χ0) is 106. The van der Waals surface area contributed by atoms with E-state index in [0.29, 0.717) is 103 Å². The summed E-state index contributed by atoms with van der Waals surface area (Å²) in [4.78, 5) is 214. The molecule has 0 aromatic heterocycles. The number of nitrogens with one attached hydrogen (secondary N) is 9. The van der Waals surface area contributed by atoms with E-state index < -0.39 is 225 Å². The maximum atomic E-state index is 14.6. The summed E-state index contributed by atoms with van der Waals surface area (Å²) in [5.74, 6) is -9.40. The molecule has 9 heterocycles. The Morgan fingerprint density at radius 3 is 0.947 bits per heavy atom. The minimum absolute atomic E-state index is 0.0161. The molecular formula is C106H137F2N15O24S3. The molecule has 3 saturated heterocycles. The second-order valence-corrected chi connectivity index (χ2v) is 49.9. The van der Waals surface area contributed by atoms with E-state index in [4.69, 9.17) is 14.2 Å². The first-order valence-electron chi connectivity index (χ1n) is 53.5. The van der Waals surface area contributed by atoms with Gasteiger partial charge in [-0.25, -0.2) is 48.4 Å². The van der Waals surface area contributed by atoms with Crippen molar-refractivity contribution in [2.75, 3.05) is 19.6 Å². The Bertz CT molecular complexity index is 6210. The molecule has 15 atom stereocenters. The molecule has 0 radical (unpaired) electrons. The largest absolute Gasteiger partial charge is 0.444 e. The van der Waals surface area contributed by atoms with E-state index in [1.807, 2.05) is 42.5 Å². The number of fused-ring (bicyclic) bond motifs is 9. The Hall–Kier alpha value is -12.0. The summed E-state index contributed by atoms with van der Waals surface area (Å²) in [7, 11) is -11.7. The number of halogens is 2. The fraction of sp³-hybridized carbons (Fsp3) is 0.632. The van der Waals surface area contributed by atoms with Gasteiger partial charge in [0.25, 0.3) is 17.7 Å². The highest BCUT2D eigenvalue weighted by Crippen LogP contribution is 2.50. The van der Waals surface area contributed by atoms with E-state index >= 15 is 0 Å². The van der Waals surface area contributed by atoms with Gasteiger partial charge in [0.15, 0.2) is 0 Å². The highest BCUT2D eigenvalue weighted by molar-refractivity contribution is 7.91. The second kappa shape index (κ2) is 44.8. The SMILES string of the molecule is C=C[C@@H]1C[C@]1(NC(=O)[C@@H]1C[C@@H]2CN1C(=O)[C@H](C1CCCC1)NC(=O)CCCCCc1cccc3c1CN(C3)C(=O)O2)C(=O)NS(=O)(=O)C1CC1.C=C[C@@H]1C[C@]1(NC(=O)[C@@H]1C[C@@H]2CN1C(=O)[C@H](C1CCCCC1)NC(=O)CCCCCc1cccc3c1CN(C3)C(=O)O2)C(=O)NS(=O)(=O)C1CC1.C=C[C@@H]1C[C@]1(NC(=O)[C@@H]1C[C@@H]2CN1C(=O)[C@H](CC(F)F)NC(=O)CCCCCc1cccc3c1CN(C3)C(=O)O2)C(=O)NS(=O)(=O)C1CC1. The van der Waals surface area contributed by atoms with Crippen molar-refractivity contribution in [3.8, 4) is 0 Å². The molecule has 44 heteroatoms. The van der Waals surface area contributed by atoms with Crippen molar-refractivity contribution in [2.24, 2.45) is 29.6 Å². The number of amides is 15. The smallest absolute Gasteiger partial charge is 0.410 e. The standard InChI is InChI=1S/C37H49N5O8S.C36H47N5O8S.C33H41F2N5O8S/c1-2-26-19-37(26,35(46)40-51(48,49)28-16-17-28)39-33(44)30-18-27-21-42(30)34(45)32(24-11-6-3-7-12-24)38-31(43)15-8-4-5-10-23-13-9-14-25-20-41(22-29(23)25)36(47)50-27;1-2-25-18-36(25,34(45)39-50(47,48)27-15-16-27)38-32(43)29-17-26-20-41(29)33(44)31(23-10-6-7-11-23)37-30(42)14-5-3-4-9-22-12-8-13-24-19-40(21-28(22)24)35(46)49-26;1-2-21-15-33(21,31(44)38-49(46,47)23-11-12-23)37-29(42)26-13-22-17-40(26)30(43)25(14-27(34)35)36-28(41)10-5-3-4-7-19-8-6-9-20-16-39(18-24(19)20)32(45)48-22/h2,9,13-14,24,26-28,30,32H,1,3-8,10-12,15-22H2,(H,38,43)(H,39,44)(H,40,46);2,8,12-13,23,25-27,29,31H,1,3-7,9-11,14-21H2,(H,37,42)(H,38,43)(H,39,45);2,6,8-9,21-23,25-27H,1,3-5,7,10-18H2,(H,36,41)(H,37,42)(H,38,44)/t26-,27-,30+,32+,37-;25-,26-,29+,31+,36-;21-,22-,25+,26+,33-/m111/s1. The Balaban J connectivity index is 0.000000147. The Morgan fingerprint density at radius 2 is 0.653 bits per heavy atom. The summed E-state index contributed by atoms with van der Waals surface area (Å²) < 4.78 is 127. The van der Waals surface area contributed by atoms with Gasteiger partial charge in [-0.2, -0.15) is 0 Å². The van der Waals surface area contributed by atoms with E-state index in [1.54, 1.807) is 9.80 Å². The predicted octanol–water partition coefficient (Wildman–Crippen LogP) is 7.56. The molecule has 3 aromatic rings. The quantitative estimate of drug-likeness (QED) is 0.0346. The first kappa shape index (κ1) is 108. The first-order valence-corrected chi connectivity index (χ1v) is 58.2. The lowest BCUT2D eigenvalue weighted by atomic mass is 9.83. The monoisotopic (exact) mass is 2140 g/mol. The van der Waals surface area contributed by atoms with Crippen molar-refractivity contribution >= 4 is 119 Å². The van der Waals surface area contributed by atoms with Crippen LogP contribution in [-0.2, 0) is 160 Å². The van der Waals surface area contributed by atoms with Crippen LogP contribution in [0.2, 0.25) is 0 Å². The van der Waals surface area contributed by atoms with Gasteiger partial charge in [-0.1, -0.05) is 124 Å². The highest BCUT2D eigenvalue weighted by atomic mass is 32.2. The van der Waals surface area contributed by atoms with Crippen LogP contribution in [0.3, 0.4) is 0 Å². The van der Waals surface area contributed by atoms with E-state index in [1.165, 1.54) is 44.1 Å². The number of carbonyl (C=O) groups is 15. The minimum Gasteiger partial charge on any atom is -0.444 e. The summed E-state index contributed by atoms with van der Waals surface area (Å²) in [5, 5.41) is 14.7. The molecule has 0 unspecified atom stereocenters. The Labute approximate surface area is 871 Å². The van der Waals surface area contributed by atoms with Crippen molar-refractivity contribution < 1.29 is 120 Å². The van der Waals surface area contributed by atoms with Gasteiger partial charge in [0.1, 0.15) is 71.2 Å². The molecule has 812 valence electrons. The van der Waals surface area contributed by atoms with E-state index in [2.05, 4.69) is 77.9 Å². The molecule has 39 nitrogen and oxygen atoms in total. The van der Waals surface area contributed by atoms with Crippen molar-refractivity contribution in [1.82, 2.24) is 75.5 Å². The molecule has 150 heavy (non-hydrogen) atoms. The number of nitrogens with zero attached hydrogens (tertiary/aromatic N) is 6. The first-order chi connectivity index (χ1) is 71.8.